The van der Waals surface area contributed by atoms with E-state index in [1.807, 2.05) is 0 Å². The zero-order valence-corrected chi connectivity index (χ0v) is 13.7. The van der Waals surface area contributed by atoms with Gasteiger partial charge in [0.1, 0.15) is 18.3 Å². The quantitative estimate of drug-likeness (QED) is 0.689. The maximum absolute atomic E-state index is 13.7. The average Bonchev–Trinajstić information content (AvgIpc) is 2.55. The normalized spacial score (nSPS) is 32.0. The summed E-state index contributed by atoms with van der Waals surface area (Å²) in [6.07, 6.45) is 6.69. The largest absolute Gasteiger partial charge is 0.373 e. The molecule has 1 nitrogen and oxygen atoms in total. The van der Waals surface area contributed by atoms with E-state index in [1.165, 1.54) is 37.8 Å². The van der Waals surface area contributed by atoms with Crippen LogP contribution in [0.4, 0.5) is 13.2 Å². The molecule has 2 aliphatic rings. The van der Waals surface area contributed by atoms with Crippen LogP contribution in [0.2, 0.25) is 0 Å². The highest BCUT2D eigenvalue weighted by Crippen LogP contribution is 2.40. The zero-order chi connectivity index (χ0) is 16.4. The third-order valence-corrected chi connectivity index (χ3v) is 5.71. The molecular formula is C19H25F3O. The van der Waals surface area contributed by atoms with E-state index >= 15 is 0 Å². The van der Waals surface area contributed by atoms with E-state index in [4.69, 9.17) is 4.74 Å². The van der Waals surface area contributed by atoms with E-state index < -0.39 is 23.9 Å². The second-order valence-electron chi connectivity index (χ2n) is 7.28. The number of hydrogen-bond acceptors (Lipinski definition) is 1. The molecule has 4 heteroatoms. The standard InChI is InChI=1S/C19H25F3O/c1-12-2-4-13(5-3-12)14-6-7-19(23-11-14)15-8-17(21)16(10-20)18(22)9-15/h8-9,12-14,19H,2-7,10-11H2,1H3. The highest BCUT2D eigenvalue weighted by Gasteiger charge is 2.31. The second kappa shape index (κ2) is 7.25. The van der Waals surface area contributed by atoms with Gasteiger partial charge in [0.05, 0.1) is 18.3 Å². The molecule has 23 heavy (non-hydrogen) atoms. The van der Waals surface area contributed by atoms with Gasteiger partial charge >= 0.3 is 0 Å². The lowest BCUT2D eigenvalue weighted by Crippen LogP contribution is -2.29. The minimum atomic E-state index is -1.12. The van der Waals surface area contributed by atoms with Crippen LogP contribution in [0.1, 0.15) is 62.7 Å². The summed E-state index contributed by atoms with van der Waals surface area (Å²) in [5.41, 5.74) is 0.00618. The number of halogens is 3. The summed E-state index contributed by atoms with van der Waals surface area (Å²) in [7, 11) is 0. The number of ether oxygens (including phenoxy) is 1. The molecule has 2 fully saturated rings. The Morgan fingerprint density at radius 2 is 1.57 bits per heavy atom. The van der Waals surface area contributed by atoms with E-state index in [0.29, 0.717) is 18.1 Å². The maximum Gasteiger partial charge on any atom is 0.132 e. The monoisotopic (exact) mass is 326 g/mol. The molecule has 1 saturated carbocycles. The van der Waals surface area contributed by atoms with Gasteiger partial charge in [-0.25, -0.2) is 13.2 Å². The van der Waals surface area contributed by atoms with Gasteiger partial charge in [-0.2, -0.15) is 0 Å². The molecule has 1 aliphatic carbocycles. The van der Waals surface area contributed by atoms with Crippen molar-refractivity contribution in [3.63, 3.8) is 0 Å². The van der Waals surface area contributed by atoms with Crippen molar-refractivity contribution in [1.82, 2.24) is 0 Å². The van der Waals surface area contributed by atoms with E-state index in [0.717, 1.165) is 24.7 Å². The van der Waals surface area contributed by atoms with Gasteiger partial charge in [0, 0.05) is 0 Å². The topological polar surface area (TPSA) is 9.23 Å². The molecule has 1 aliphatic heterocycles. The van der Waals surface area contributed by atoms with Crippen LogP contribution in [0.5, 0.6) is 0 Å². The van der Waals surface area contributed by atoms with Crippen LogP contribution in [-0.4, -0.2) is 6.61 Å². The molecule has 0 N–H and O–H groups in total. The summed E-state index contributed by atoms with van der Waals surface area (Å²) < 4.78 is 46.0. The van der Waals surface area contributed by atoms with Crippen molar-refractivity contribution >= 4 is 0 Å². The Morgan fingerprint density at radius 1 is 0.957 bits per heavy atom. The summed E-state index contributed by atoms with van der Waals surface area (Å²) in [5.74, 6) is 0.514. The van der Waals surface area contributed by atoms with Crippen molar-refractivity contribution in [3.05, 3.63) is 34.9 Å². The van der Waals surface area contributed by atoms with Crippen molar-refractivity contribution in [2.45, 2.75) is 58.2 Å². The molecule has 1 saturated heterocycles. The van der Waals surface area contributed by atoms with E-state index in [9.17, 15) is 13.2 Å². The van der Waals surface area contributed by atoms with Crippen molar-refractivity contribution in [2.24, 2.45) is 17.8 Å². The molecular weight excluding hydrogens is 301 g/mol. The molecule has 128 valence electrons. The summed E-state index contributed by atoms with van der Waals surface area (Å²) in [6.45, 7) is 1.86. The molecule has 1 aromatic rings. The first kappa shape index (κ1) is 16.8. The molecule has 2 unspecified atom stereocenters. The molecule has 1 aromatic carbocycles. The SMILES string of the molecule is CC1CCC(C2CCC(c3cc(F)c(CF)c(F)c3)OC2)CC1. The highest BCUT2D eigenvalue weighted by molar-refractivity contribution is 5.27. The van der Waals surface area contributed by atoms with Crippen molar-refractivity contribution in [3.8, 4) is 0 Å². The smallest absolute Gasteiger partial charge is 0.132 e. The third kappa shape index (κ3) is 3.73. The molecule has 0 aromatic heterocycles. The number of benzene rings is 1. The van der Waals surface area contributed by atoms with Crippen molar-refractivity contribution < 1.29 is 17.9 Å². The Bertz CT molecular complexity index is 506. The van der Waals surface area contributed by atoms with Gasteiger partial charge in [0.25, 0.3) is 0 Å². The van der Waals surface area contributed by atoms with Gasteiger partial charge in [-0.3, -0.25) is 0 Å². The Hall–Kier alpha value is -1.03. The first-order chi connectivity index (χ1) is 11.1. The molecule has 2 atom stereocenters. The van der Waals surface area contributed by atoms with Gasteiger partial charge in [-0.1, -0.05) is 19.8 Å². The fourth-order valence-electron chi connectivity index (χ4n) is 4.10. The summed E-state index contributed by atoms with van der Waals surface area (Å²) in [5, 5.41) is 0. The van der Waals surface area contributed by atoms with Gasteiger partial charge in [-0.05, 0) is 61.1 Å². The molecule has 0 bridgehead atoms. The lowest BCUT2D eigenvalue weighted by molar-refractivity contribution is -0.0402. The second-order valence-corrected chi connectivity index (χ2v) is 7.28. The van der Waals surface area contributed by atoms with Crippen LogP contribution < -0.4 is 0 Å². The van der Waals surface area contributed by atoms with Crippen molar-refractivity contribution in [2.75, 3.05) is 6.61 Å². The number of rotatable bonds is 3. The van der Waals surface area contributed by atoms with Gasteiger partial charge in [0.15, 0.2) is 0 Å². The Balaban J connectivity index is 1.61. The van der Waals surface area contributed by atoms with Crippen LogP contribution >= 0.6 is 0 Å². The van der Waals surface area contributed by atoms with E-state index in [1.54, 1.807) is 0 Å². The summed E-state index contributed by atoms with van der Waals surface area (Å²) >= 11 is 0. The van der Waals surface area contributed by atoms with Gasteiger partial charge < -0.3 is 4.74 Å². The first-order valence-corrected chi connectivity index (χ1v) is 8.73. The predicted molar refractivity (Wildman–Crippen MR) is 83.7 cm³/mol. The number of hydrogen-bond donors (Lipinski definition) is 0. The molecule has 1 heterocycles. The molecule has 3 rings (SSSR count). The Kier molecular flexibility index (Phi) is 5.30. The van der Waals surface area contributed by atoms with Crippen LogP contribution in [0.3, 0.4) is 0 Å². The molecule has 0 amide bonds. The first-order valence-electron chi connectivity index (χ1n) is 8.73. The number of alkyl halides is 1. The lowest BCUT2D eigenvalue weighted by atomic mass is 9.74. The fourth-order valence-corrected chi connectivity index (χ4v) is 4.10. The maximum atomic E-state index is 13.7. The Morgan fingerprint density at radius 3 is 2.09 bits per heavy atom. The van der Waals surface area contributed by atoms with Crippen LogP contribution in [0.15, 0.2) is 12.1 Å². The van der Waals surface area contributed by atoms with E-state index in [-0.39, 0.29) is 6.10 Å². The van der Waals surface area contributed by atoms with Crippen LogP contribution in [0.25, 0.3) is 0 Å². The van der Waals surface area contributed by atoms with Crippen LogP contribution in [-0.2, 0) is 11.4 Å². The highest BCUT2D eigenvalue weighted by atomic mass is 19.1. The van der Waals surface area contributed by atoms with Crippen molar-refractivity contribution in [1.29, 1.82) is 0 Å². The minimum absolute atomic E-state index is 0.272. The van der Waals surface area contributed by atoms with E-state index in [2.05, 4.69) is 6.92 Å². The van der Waals surface area contributed by atoms with Gasteiger partial charge in [-0.15, -0.1) is 0 Å². The van der Waals surface area contributed by atoms with Gasteiger partial charge in [0.2, 0.25) is 0 Å². The van der Waals surface area contributed by atoms with Crippen LogP contribution in [0, 0.1) is 29.4 Å². The molecule has 0 radical (unpaired) electrons. The minimum Gasteiger partial charge on any atom is -0.373 e. The molecule has 0 spiro atoms. The lowest BCUT2D eigenvalue weighted by Gasteiger charge is -2.37. The zero-order valence-electron chi connectivity index (χ0n) is 13.7. The predicted octanol–water partition coefficient (Wildman–Crippen LogP) is 5.73. The summed E-state index contributed by atoms with van der Waals surface area (Å²) in [6, 6.07) is 2.45. The third-order valence-electron chi connectivity index (χ3n) is 5.71. The Labute approximate surface area is 136 Å². The fraction of sp³-hybridized carbons (Fsp3) is 0.684. The average molecular weight is 326 g/mol. The summed E-state index contributed by atoms with van der Waals surface area (Å²) in [4.78, 5) is 0.